The van der Waals surface area contributed by atoms with Gasteiger partial charge in [0.1, 0.15) is 11.6 Å². The Bertz CT molecular complexity index is 289. The van der Waals surface area contributed by atoms with Gasteiger partial charge in [0.2, 0.25) is 0 Å². The van der Waals surface area contributed by atoms with Gasteiger partial charge in [-0.3, -0.25) is 0 Å². The van der Waals surface area contributed by atoms with Crippen molar-refractivity contribution in [1.29, 1.82) is 0 Å². The van der Waals surface area contributed by atoms with E-state index in [-0.39, 0.29) is 12.1 Å². The lowest BCUT2D eigenvalue weighted by molar-refractivity contribution is 0.380. The third-order valence-corrected chi connectivity index (χ3v) is 2.04. The van der Waals surface area contributed by atoms with Crippen LogP contribution in [0.25, 0.3) is 0 Å². The van der Waals surface area contributed by atoms with Gasteiger partial charge in [0.15, 0.2) is 0 Å². The highest BCUT2D eigenvalue weighted by Crippen LogP contribution is 2.19. The summed E-state index contributed by atoms with van der Waals surface area (Å²) in [5.74, 6) is -1.03. The normalized spacial score (nSPS) is 10.9. The van der Waals surface area contributed by atoms with Crippen molar-refractivity contribution < 1.29 is 8.78 Å². The molecule has 4 heteroatoms. The maximum atomic E-state index is 13.2. The third-order valence-electron chi connectivity index (χ3n) is 1.58. The molecule has 0 radical (unpaired) electrons. The largest absolute Gasteiger partial charge is 0.305 e. The van der Waals surface area contributed by atoms with Gasteiger partial charge in [-0.2, -0.15) is 0 Å². The van der Waals surface area contributed by atoms with Crippen molar-refractivity contribution in [2.45, 2.75) is 6.54 Å². The minimum atomic E-state index is -0.513. The van der Waals surface area contributed by atoms with Crippen LogP contribution in [0.1, 0.15) is 5.56 Å². The van der Waals surface area contributed by atoms with Crippen LogP contribution in [0.4, 0.5) is 8.78 Å². The molecule has 0 spiro atoms. The van der Waals surface area contributed by atoms with Gasteiger partial charge in [-0.05, 0) is 26.2 Å². The van der Waals surface area contributed by atoms with Crippen LogP contribution in [0.5, 0.6) is 0 Å². The van der Waals surface area contributed by atoms with Gasteiger partial charge in [-0.15, -0.1) is 0 Å². The summed E-state index contributed by atoms with van der Waals surface area (Å²) in [5.41, 5.74) is 0.105. The molecule has 0 aromatic heterocycles. The molecule has 1 aromatic carbocycles. The lowest BCUT2D eigenvalue weighted by Gasteiger charge is -2.11. The predicted octanol–water partition coefficient (Wildman–Crippen LogP) is 2.79. The molecule has 0 bridgehead atoms. The Labute approximate surface area is 84.5 Å². The Balaban J connectivity index is 3.06. The summed E-state index contributed by atoms with van der Waals surface area (Å²) >= 11 is 3.02. The van der Waals surface area contributed by atoms with Crippen LogP contribution in [-0.4, -0.2) is 19.0 Å². The Morgan fingerprint density at radius 3 is 2.08 bits per heavy atom. The Hall–Kier alpha value is -0.480. The molecular weight excluding hydrogens is 240 g/mol. The van der Waals surface area contributed by atoms with Crippen LogP contribution >= 0.6 is 15.9 Å². The molecule has 0 atom stereocenters. The number of hydrogen-bond acceptors (Lipinski definition) is 1. The fraction of sp³-hybridized carbons (Fsp3) is 0.333. The van der Waals surface area contributed by atoms with Crippen LogP contribution in [0.15, 0.2) is 16.6 Å². The van der Waals surface area contributed by atoms with Gasteiger partial charge < -0.3 is 4.90 Å². The third kappa shape index (κ3) is 2.74. The molecule has 72 valence electrons. The van der Waals surface area contributed by atoms with Crippen LogP contribution in [-0.2, 0) is 6.54 Å². The fourth-order valence-corrected chi connectivity index (χ4v) is 1.44. The number of benzene rings is 1. The first-order valence-corrected chi connectivity index (χ1v) is 4.58. The first kappa shape index (κ1) is 10.6. The lowest BCUT2D eigenvalue weighted by Crippen LogP contribution is -2.13. The second-order valence-electron chi connectivity index (χ2n) is 3.09. The first-order chi connectivity index (χ1) is 6.00. The van der Waals surface area contributed by atoms with Crippen molar-refractivity contribution in [2.75, 3.05) is 14.1 Å². The van der Waals surface area contributed by atoms with Crippen molar-refractivity contribution in [1.82, 2.24) is 4.90 Å². The van der Waals surface area contributed by atoms with Gasteiger partial charge in [0.05, 0.1) is 0 Å². The summed E-state index contributed by atoms with van der Waals surface area (Å²) in [6.45, 7) is 0.269. The maximum absolute atomic E-state index is 13.2. The summed E-state index contributed by atoms with van der Waals surface area (Å²) < 4.78 is 26.8. The average molecular weight is 250 g/mol. The SMILES string of the molecule is CN(C)Cc1c(F)cc(Br)cc1F. The van der Waals surface area contributed by atoms with E-state index < -0.39 is 11.6 Å². The highest BCUT2D eigenvalue weighted by molar-refractivity contribution is 9.10. The molecule has 0 unspecified atom stereocenters. The summed E-state index contributed by atoms with van der Waals surface area (Å²) in [6.07, 6.45) is 0. The van der Waals surface area contributed by atoms with E-state index in [0.29, 0.717) is 4.47 Å². The number of hydrogen-bond donors (Lipinski definition) is 0. The predicted molar refractivity (Wildman–Crippen MR) is 51.4 cm³/mol. The molecule has 0 amide bonds. The van der Waals surface area contributed by atoms with Crippen molar-refractivity contribution in [3.8, 4) is 0 Å². The molecule has 1 nitrogen and oxygen atoms in total. The molecule has 0 aliphatic heterocycles. The minimum absolute atomic E-state index is 0.105. The summed E-state index contributed by atoms with van der Waals surface area (Å²) in [5, 5.41) is 0. The van der Waals surface area contributed by atoms with E-state index in [1.165, 1.54) is 12.1 Å². The number of halogens is 3. The maximum Gasteiger partial charge on any atom is 0.131 e. The zero-order valence-corrected chi connectivity index (χ0v) is 9.03. The highest BCUT2D eigenvalue weighted by Gasteiger charge is 2.10. The summed E-state index contributed by atoms with van der Waals surface area (Å²) in [7, 11) is 3.53. The Morgan fingerprint density at radius 1 is 1.23 bits per heavy atom. The second kappa shape index (κ2) is 4.15. The summed E-state index contributed by atoms with van der Waals surface area (Å²) in [4.78, 5) is 1.72. The van der Waals surface area contributed by atoms with Gasteiger partial charge in [-0.25, -0.2) is 8.78 Å². The van der Waals surface area contributed by atoms with E-state index in [9.17, 15) is 8.78 Å². The first-order valence-electron chi connectivity index (χ1n) is 3.79. The topological polar surface area (TPSA) is 3.24 Å². The Morgan fingerprint density at radius 2 is 1.69 bits per heavy atom. The molecule has 0 aliphatic rings. The fourth-order valence-electron chi connectivity index (χ4n) is 1.04. The minimum Gasteiger partial charge on any atom is -0.305 e. The summed E-state index contributed by atoms with van der Waals surface area (Å²) in [6, 6.07) is 2.53. The molecule has 0 saturated heterocycles. The van der Waals surface area contributed by atoms with Gasteiger partial charge in [-0.1, -0.05) is 15.9 Å². The molecular formula is C9H10BrF2N. The van der Waals surface area contributed by atoms with E-state index in [2.05, 4.69) is 15.9 Å². The number of rotatable bonds is 2. The average Bonchev–Trinajstić information content (AvgIpc) is 1.96. The van der Waals surface area contributed by atoms with E-state index >= 15 is 0 Å². The van der Waals surface area contributed by atoms with Crippen LogP contribution < -0.4 is 0 Å². The highest BCUT2D eigenvalue weighted by atomic mass is 79.9. The van der Waals surface area contributed by atoms with Crippen molar-refractivity contribution in [3.05, 3.63) is 33.8 Å². The molecule has 0 N–H and O–H groups in total. The zero-order chi connectivity index (χ0) is 10.0. The van der Waals surface area contributed by atoms with Crippen LogP contribution in [0, 0.1) is 11.6 Å². The number of nitrogens with zero attached hydrogens (tertiary/aromatic N) is 1. The van der Waals surface area contributed by atoms with Crippen molar-refractivity contribution in [3.63, 3.8) is 0 Å². The van der Waals surface area contributed by atoms with E-state index in [1.54, 1.807) is 19.0 Å². The monoisotopic (exact) mass is 249 g/mol. The van der Waals surface area contributed by atoms with Gasteiger partial charge in [0.25, 0.3) is 0 Å². The van der Waals surface area contributed by atoms with Crippen molar-refractivity contribution >= 4 is 15.9 Å². The van der Waals surface area contributed by atoms with E-state index in [1.807, 2.05) is 0 Å². The van der Waals surface area contributed by atoms with Crippen LogP contribution in [0.2, 0.25) is 0 Å². The standard InChI is InChI=1S/C9H10BrF2N/c1-13(2)5-7-8(11)3-6(10)4-9(7)12/h3-4H,5H2,1-2H3. The molecule has 0 saturated carbocycles. The molecule has 0 fully saturated rings. The van der Waals surface area contributed by atoms with Crippen LogP contribution in [0.3, 0.4) is 0 Å². The van der Waals surface area contributed by atoms with E-state index in [4.69, 9.17) is 0 Å². The molecule has 1 rings (SSSR count). The Kier molecular flexibility index (Phi) is 3.39. The second-order valence-corrected chi connectivity index (χ2v) is 4.00. The quantitative estimate of drug-likeness (QED) is 0.780. The molecule has 1 aromatic rings. The lowest BCUT2D eigenvalue weighted by atomic mass is 10.2. The van der Waals surface area contributed by atoms with Crippen molar-refractivity contribution in [2.24, 2.45) is 0 Å². The zero-order valence-electron chi connectivity index (χ0n) is 7.44. The van der Waals surface area contributed by atoms with Gasteiger partial charge >= 0.3 is 0 Å². The smallest absolute Gasteiger partial charge is 0.131 e. The molecule has 13 heavy (non-hydrogen) atoms. The molecule has 0 aliphatic carbocycles. The van der Waals surface area contributed by atoms with E-state index in [0.717, 1.165) is 0 Å². The van der Waals surface area contributed by atoms with Gasteiger partial charge in [0, 0.05) is 16.6 Å². The molecule has 0 heterocycles.